The minimum absolute atomic E-state index is 0.0770. The van der Waals surface area contributed by atoms with Crippen LogP contribution in [0.15, 0.2) is 36.5 Å². The van der Waals surface area contributed by atoms with Crippen molar-refractivity contribution in [2.75, 3.05) is 19.6 Å². The summed E-state index contributed by atoms with van der Waals surface area (Å²) in [4.78, 5) is 15.1. The van der Waals surface area contributed by atoms with E-state index in [0.717, 1.165) is 5.57 Å². The van der Waals surface area contributed by atoms with E-state index in [1.54, 1.807) is 26.8 Å². The molecule has 0 saturated carbocycles. The zero-order valence-electron chi connectivity index (χ0n) is 15.8. The normalized spacial score (nSPS) is 27.2. The first-order valence-corrected chi connectivity index (χ1v) is 8.87. The molecule has 0 aromatic rings. The fraction of sp³-hybridized carbons (Fsp3) is 0.632. The van der Waals surface area contributed by atoms with Crippen LogP contribution in [0.2, 0.25) is 0 Å². The number of piperidine rings is 1. The average Bonchev–Trinajstić information content (AvgIpc) is 2.52. The summed E-state index contributed by atoms with van der Waals surface area (Å²) in [5, 5.41) is 31.9. The van der Waals surface area contributed by atoms with Crippen LogP contribution >= 0.6 is 0 Å². The number of ether oxygens (including phenoxy) is 1. The minimum Gasteiger partial charge on any atom is -0.444 e. The van der Waals surface area contributed by atoms with Gasteiger partial charge in [-0.1, -0.05) is 25.3 Å². The lowest BCUT2D eigenvalue weighted by molar-refractivity contribution is -0.261. The summed E-state index contributed by atoms with van der Waals surface area (Å²) < 4.78 is 5.34. The van der Waals surface area contributed by atoms with Crippen molar-refractivity contribution in [2.24, 2.45) is 0 Å². The quantitative estimate of drug-likeness (QED) is 0.653. The SMILES string of the molecule is C=CC1=C(C=C)C(O)(O)N(C2CCN(C(=O)OC(C)(C)C)CC2O)CC1. The summed E-state index contributed by atoms with van der Waals surface area (Å²) in [5.41, 5.74) is 0.393. The van der Waals surface area contributed by atoms with Gasteiger partial charge >= 0.3 is 6.09 Å². The molecule has 0 spiro atoms. The van der Waals surface area contributed by atoms with Crippen LogP contribution in [0.1, 0.15) is 33.6 Å². The number of carbonyl (C=O) groups is 1. The number of β-amino-alcohol motifs (C(OH)–C–C–N with tert-alkyl or cyclic N) is 1. The van der Waals surface area contributed by atoms with Gasteiger partial charge < -0.3 is 25.0 Å². The van der Waals surface area contributed by atoms with Gasteiger partial charge in [0.1, 0.15) is 5.60 Å². The van der Waals surface area contributed by atoms with Gasteiger partial charge in [0.2, 0.25) is 0 Å². The molecule has 1 fully saturated rings. The van der Waals surface area contributed by atoms with Crippen LogP contribution in [0.5, 0.6) is 0 Å². The molecule has 0 aliphatic carbocycles. The number of hydrogen-bond donors (Lipinski definition) is 3. The summed E-state index contributed by atoms with van der Waals surface area (Å²) in [5.74, 6) is -2.23. The highest BCUT2D eigenvalue weighted by Gasteiger charge is 2.47. The van der Waals surface area contributed by atoms with Gasteiger partial charge in [-0.2, -0.15) is 0 Å². The smallest absolute Gasteiger partial charge is 0.410 e. The average molecular weight is 366 g/mol. The monoisotopic (exact) mass is 366 g/mol. The lowest BCUT2D eigenvalue weighted by atomic mass is 9.91. The Morgan fingerprint density at radius 2 is 1.92 bits per heavy atom. The maximum absolute atomic E-state index is 12.2. The molecule has 0 radical (unpaired) electrons. The fourth-order valence-corrected chi connectivity index (χ4v) is 3.55. The molecule has 2 aliphatic rings. The molecule has 2 atom stereocenters. The van der Waals surface area contributed by atoms with E-state index in [1.165, 1.54) is 15.9 Å². The lowest BCUT2D eigenvalue weighted by Gasteiger charge is -2.48. The van der Waals surface area contributed by atoms with Crippen molar-refractivity contribution in [1.29, 1.82) is 0 Å². The first-order chi connectivity index (χ1) is 12.0. The highest BCUT2D eigenvalue weighted by Crippen LogP contribution is 2.35. The number of carbonyl (C=O) groups excluding carboxylic acids is 1. The molecule has 1 saturated heterocycles. The largest absolute Gasteiger partial charge is 0.444 e. The molecular formula is C19H30N2O5. The second-order valence-corrected chi connectivity index (χ2v) is 7.78. The molecule has 26 heavy (non-hydrogen) atoms. The van der Waals surface area contributed by atoms with Gasteiger partial charge in [-0.05, 0) is 39.2 Å². The molecule has 0 bridgehead atoms. The van der Waals surface area contributed by atoms with Gasteiger partial charge in [-0.15, -0.1) is 0 Å². The molecule has 2 unspecified atom stereocenters. The van der Waals surface area contributed by atoms with E-state index in [4.69, 9.17) is 4.74 Å². The van der Waals surface area contributed by atoms with Crippen molar-refractivity contribution in [1.82, 2.24) is 9.80 Å². The summed E-state index contributed by atoms with van der Waals surface area (Å²) in [6.07, 6.45) is 2.58. The second-order valence-electron chi connectivity index (χ2n) is 7.78. The van der Waals surface area contributed by atoms with Crippen LogP contribution < -0.4 is 0 Å². The van der Waals surface area contributed by atoms with E-state index >= 15 is 0 Å². The van der Waals surface area contributed by atoms with E-state index in [0.29, 0.717) is 25.9 Å². The summed E-state index contributed by atoms with van der Waals surface area (Å²) in [7, 11) is 0. The van der Waals surface area contributed by atoms with Gasteiger partial charge in [-0.25, -0.2) is 9.69 Å². The first kappa shape index (κ1) is 20.6. The summed E-state index contributed by atoms with van der Waals surface area (Å²) in [6.45, 7) is 13.5. The van der Waals surface area contributed by atoms with Crippen LogP contribution in [-0.4, -0.2) is 74.5 Å². The van der Waals surface area contributed by atoms with E-state index in [9.17, 15) is 20.1 Å². The molecule has 3 N–H and O–H groups in total. The molecule has 2 rings (SSSR count). The highest BCUT2D eigenvalue weighted by molar-refractivity contribution is 5.68. The molecule has 2 aliphatic heterocycles. The Bertz CT molecular complexity index is 606. The third-order valence-electron chi connectivity index (χ3n) is 4.78. The van der Waals surface area contributed by atoms with Crippen LogP contribution in [0.25, 0.3) is 0 Å². The van der Waals surface area contributed by atoms with Crippen molar-refractivity contribution in [3.8, 4) is 0 Å². The maximum atomic E-state index is 12.2. The Hall–Kier alpha value is -1.67. The van der Waals surface area contributed by atoms with Gasteiger partial charge in [0.15, 0.2) is 0 Å². The molecule has 7 nitrogen and oxygen atoms in total. The summed E-state index contributed by atoms with van der Waals surface area (Å²) in [6, 6.07) is -0.495. The molecule has 146 valence electrons. The third-order valence-corrected chi connectivity index (χ3v) is 4.78. The Morgan fingerprint density at radius 3 is 2.42 bits per heavy atom. The number of rotatable bonds is 3. The van der Waals surface area contributed by atoms with Crippen molar-refractivity contribution >= 4 is 6.09 Å². The standard InChI is InChI=1S/C19H30N2O5/c1-6-13-8-11-21(19(24,25)14(13)7-2)15-9-10-20(12-16(15)22)17(23)26-18(3,4)5/h6-7,15-16,22,24-25H,1-2,8-12H2,3-5H3. The molecular weight excluding hydrogens is 336 g/mol. The molecule has 0 aromatic carbocycles. The van der Waals surface area contributed by atoms with Crippen molar-refractivity contribution in [3.63, 3.8) is 0 Å². The molecule has 7 heteroatoms. The topological polar surface area (TPSA) is 93.5 Å². The van der Waals surface area contributed by atoms with Crippen LogP contribution in [0, 0.1) is 0 Å². The zero-order valence-corrected chi connectivity index (χ0v) is 15.8. The lowest BCUT2D eigenvalue weighted by Crippen LogP contribution is -2.64. The van der Waals surface area contributed by atoms with Crippen molar-refractivity contribution in [3.05, 3.63) is 36.5 Å². The molecule has 2 heterocycles. The first-order valence-electron chi connectivity index (χ1n) is 8.87. The fourth-order valence-electron chi connectivity index (χ4n) is 3.55. The number of likely N-dealkylation sites (tertiary alicyclic amines) is 1. The van der Waals surface area contributed by atoms with Crippen LogP contribution in [0.3, 0.4) is 0 Å². The summed E-state index contributed by atoms with van der Waals surface area (Å²) >= 11 is 0. The van der Waals surface area contributed by atoms with Crippen LogP contribution in [-0.2, 0) is 4.74 Å². The van der Waals surface area contributed by atoms with Gasteiger partial charge in [0.25, 0.3) is 5.91 Å². The predicted molar refractivity (Wildman–Crippen MR) is 98.1 cm³/mol. The molecule has 0 aromatic heterocycles. The van der Waals surface area contributed by atoms with E-state index in [1.807, 2.05) is 0 Å². The maximum Gasteiger partial charge on any atom is 0.410 e. The van der Waals surface area contributed by atoms with E-state index in [-0.39, 0.29) is 12.1 Å². The number of allylic oxidation sites excluding steroid dienone is 1. The minimum atomic E-state index is -2.23. The number of nitrogens with zero attached hydrogens (tertiary/aromatic N) is 2. The zero-order chi connectivity index (χ0) is 19.7. The Morgan fingerprint density at radius 1 is 1.27 bits per heavy atom. The second kappa shape index (κ2) is 7.52. The number of amides is 1. The van der Waals surface area contributed by atoms with Gasteiger partial charge in [0.05, 0.1) is 12.6 Å². The number of hydrogen-bond acceptors (Lipinski definition) is 6. The van der Waals surface area contributed by atoms with Gasteiger partial charge in [0, 0.05) is 24.7 Å². The molecule has 1 amide bonds. The Balaban J connectivity index is 2.13. The highest BCUT2D eigenvalue weighted by atomic mass is 16.6. The van der Waals surface area contributed by atoms with Crippen molar-refractivity contribution < 1.29 is 24.9 Å². The third kappa shape index (κ3) is 4.17. The number of aliphatic hydroxyl groups is 3. The van der Waals surface area contributed by atoms with Gasteiger partial charge in [-0.3, -0.25) is 0 Å². The van der Waals surface area contributed by atoms with Crippen molar-refractivity contribution in [2.45, 2.75) is 57.3 Å². The van der Waals surface area contributed by atoms with E-state index < -0.39 is 29.8 Å². The number of aliphatic hydroxyl groups excluding tert-OH is 1. The van der Waals surface area contributed by atoms with E-state index in [2.05, 4.69) is 13.2 Å². The Labute approximate surface area is 154 Å². The Kier molecular flexibility index (Phi) is 5.97. The van der Waals surface area contributed by atoms with Crippen LogP contribution in [0.4, 0.5) is 4.79 Å². The predicted octanol–water partition coefficient (Wildman–Crippen LogP) is 1.37.